The van der Waals surface area contributed by atoms with Gasteiger partial charge in [0.25, 0.3) is 11.5 Å². The molecule has 0 aliphatic heterocycles. The van der Waals surface area contributed by atoms with Crippen LogP contribution in [-0.4, -0.2) is 9.86 Å². The summed E-state index contributed by atoms with van der Waals surface area (Å²) in [6, 6.07) is 24.9. The van der Waals surface area contributed by atoms with Gasteiger partial charge >= 0.3 is 0 Å². The molecule has 1 N–H and O–H groups in total. The van der Waals surface area contributed by atoms with Crippen LogP contribution < -0.4 is 10.9 Å². The van der Waals surface area contributed by atoms with E-state index in [-0.39, 0.29) is 11.5 Å². The van der Waals surface area contributed by atoms with Gasteiger partial charge in [-0.1, -0.05) is 72.2 Å². The van der Waals surface area contributed by atoms with Crippen molar-refractivity contribution in [2.45, 2.75) is 13.1 Å². The Labute approximate surface area is 160 Å². The molecule has 1 amide bonds. The Balaban J connectivity index is 1.55. The van der Waals surface area contributed by atoms with Gasteiger partial charge in [0.2, 0.25) is 0 Å². The van der Waals surface area contributed by atoms with Crippen LogP contribution in [0.15, 0.2) is 83.7 Å². The van der Waals surface area contributed by atoms with Crippen LogP contribution >= 0.6 is 11.5 Å². The Morgan fingerprint density at radius 1 is 0.889 bits per heavy atom. The normalized spacial score (nSPS) is 10.8. The van der Waals surface area contributed by atoms with Crippen molar-refractivity contribution >= 4 is 27.5 Å². The molecule has 27 heavy (non-hydrogen) atoms. The summed E-state index contributed by atoms with van der Waals surface area (Å²) < 4.78 is 2.55. The standard InChI is InChI=1S/C22H18N2O2S/c25-21(23-14-16-7-3-1-4-8-16)18-11-12-19-20(13-18)27-24(22(19)26)15-17-9-5-2-6-10-17/h1-13H,14-15H2,(H,23,25). The zero-order chi connectivity index (χ0) is 18.6. The summed E-state index contributed by atoms with van der Waals surface area (Å²) >= 11 is 1.39. The number of carbonyl (C=O) groups is 1. The third-order valence-corrected chi connectivity index (χ3v) is 5.42. The van der Waals surface area contributed by atoms with Gasteiger partial charge in [0, 0.05) is 12.1 Å². The van der Waals surface area contributed by atoms with E-state index in [1.807, 2.05) is 60.7 Å². The van der Waals surface area contributed by atoms with E-state index in [0.717, 1.165) is 15.8 Å². The molecule has 0 atom stereocenters. The van der Waals surface area contributed by atoms with E-state index in [1.54, 1.807) is 22.2 Å². The van der Waals surface area contributed by atoms with Crippen LogP contribution in [0.3, 0.4) is 0 Å². The summed E-state index contributed by atoms with van der Waals surface area (Å²) in [4.78, 5) is 25.1. The van der Waals surface area contributed by atoms with E-state index in [0.29, 0.717) is 24.0 Å². The van der Waals surface area contributed by atoms with Gasteiger partial charge in [-0.2, -0.15) is 0 Å². The summed E-state index contributed by atoms with van der Waals surface area (Å²) in [5.41, 5.74) is 2.67. The zero-order valence-electron chi connectivity index (χ0n) is 14.6. The molecule has 3 aromatic carbocycles. The predicted molar refractivity (Wildman–Crippen MR) is 109 cm³/mol. The molecule has 0 saturated heterocycles. The van der Waals surface area contributed by atoms with Crippen molar-refractivity contribution in [3.8, 4) is 0 Å². The first-order valence-electron chi connectivity index (χ1n) is 8.70. The molecule has 0 spiro atoms. The lowest BCUT2D eigenvalue weighted by atomic mass is 10.1. The molecule has 5 heteroatoms. The monoisotopic (exact) mass is 374 g/mol. The van der Waals surface area contributed by atoms with Gasteiger partial charge in [-0.25, -0.2) is 0 Å². The lowest BCUT2D eigenvalue weighted by Gasteiger charge is -2.05. The maximum absolute atomic E-state index is 12.6. The van der Waals surface area contributed by atoms with Crippen LogP contribution in [0.25, 0.3) is 10.1 Å². The number of benzene rings is 3. The minimum absolute atomic E-state index is 0.0184. The average molecular weight is 374 g/mol. The van der Waals surface area contributed by atoms with Crippen LogP contribution in [0.1, 0.15) is 21.5 Å². The maximum Gasteiger partial charge on any atom is 0.268 e. The Bertz CT molecular complexity index is 1130. The second-order valence-electron chi connectivity index (χ2n) is 6.30. The van der Waals surface area contributed by atoms with E-state index < -0.39 is 0 Å². The average Bonchev–Trinajstić information content (AvgIpc) is 3.02. The molecule has 0 radical (unpaired) electrons. The van der Waals surface area contributed by atoms with Crippen molar-refractivity contribution < 1.29 is 4.79 Å². The highest BCUT2D eigenvalue weighted by molar-refractivity contribution is 7.13. The molecular weight excluding hydrogens is 356 g/mol. The van der Waals surface area contributed by atoms with Gasteiger partial charge in [-0.3, -0.25) is 13.5 Å². The molecule has 1 aromatic heterocycles. The fraction of sp³-hybridized carbons (Fsp3) is 0.0909. The summed E-state index contributed by atoms with van der Waals surface area (Å²) in [6.07, 6.45) is 0. The van der Waals surface area contributed by atoms with E-state index >= 15 is 0 Å². The molecule has 0 bridgehead atoms. The van der Waals surface area contributed by atoms with E-state index in [2.05, 4.69) is 5.32 Å². The molecule has 134 valence electrons. The highest BCUT2D eigenvalue weighted by atomic mass is 32.1. The first-order chi connectivity index (χ1) is 13.2. The molecule has 1 heterocycles. The molecule has 0 fully saturated rings. The predicted octanol–water partition coefficient (Wildman–Crippen LogP) is 4.04. The topological polar surface area (TPSA) is 51.1 Å². The van der Waals surface area contributed by atoms with E-state index in [9.17, 15) is 9.59 Å². The van der Waals surface area contributed by atoms with Crippen LogP contribution in [-0.2, 0) is 13.1 Å². The molecule has 0 saturated carbocycles. The van der Waals surface area contributed by atoms with Crippen molar-refractivity contribution in [2.75, 3.05) is 0 Å². The molecule has 0 aliphatic carbocycles. The lowest BCUT2D eigenvalue weighted by Crippen LogP contribution is -2.22. The van der Waals surface area contributed by atoms with Gasteiger partial charge in [-0.05, 0) is 29.3 Å². The SMILES string of the molecule is O=C(NCc1ccccc1)c1ccc2c(=O)n(Cc3ccccc3)sc2c1. The summed E-state index contributed by atoms with van der Waals surface area (Å²) in [5, 5.41) is 3.57. The number of amides is 1. The van der Waals surface area contributed by atoms with Gasteiger partial charge in [0.05, 0.1) is 16.6 Å². The number of hydrogen-bond donors (Lipinski definition) is 1. The molecule has 4 rings (SSSR count). The number of fused-ring (bicyclic) bond motifs is 1. The Morgan fingerprint density at radius 3 is 2.26 bits per heavy atom. The second kappa shape index (κ2) is 7.60. The molecule has 4 aromatic rings. The summed E-state index contributed by atoms with van der Waals surface area (Å²) in [7, 11) is 0. The van der Waals surface area contributed by atoms with Gasteiger partial charge < -0.3 is 5.32 Å². The fourth-order valence-electron chi connectivity index (χ4n) is 2.94. The number of rotatable bonds is 5. The third kappa shape index (κ3) is 3.83. The number of nitrogens with zero attached hydrogens (tertiary/aromatic N) is 1. The van der Waals surface area contributed by atoms with Gasteiger partial charge in [-0.15, -0.1) is 0 Å². The fourth-order valence-corrected chi connectivity index (χ4v) is 4.01. The van der Waals surface area contributed by atoms with Crippen molar-refractivity contribution in [2.24, 2.45) is 0 Å². The largest absolute Gasteiger partial charge is 0.348 e. The van der Waals surface area contributed by atoms with E-state index in [4.69, 9.17) is 0 Å². The molecule has 0 aliphatic rings. The smallest absolute Gasteiger partial charge is 0.268 e. The van der Waals surface area contributed by atoms with Crippen LogP contribution in [0.5, 0.6) is 0 Å². The summed E-state index contributed by atoms with van der Waals surface area (Å²) in [5.74, 6) is -0.142. The van der Waals surface area contributed by atoms with Gasteiger partial charge in [0.15, 0.2) is 0 Å². The lowest BCUT2D eigenvalue weighted by molar-refractivity contribution is 0.0951. The number of nitrogens with one attached hydrogen (secondary N) is 1. The molecule has 0 unspecified atom stereocenters. The Morgan fingerprint density at radius 2 is 1.56 bits per heavy atom. The number of carbonyl (C=O) groups excluding carboxylic acids is 1. The Kier molecular flexibility index (Phi) is 4.85. The van der Waals surface area contributed by atoms with Crippen molar-refractivity contribution in [3.05, 3.63) is 106 Å². The van der Waals surface area contributed by atoms with Crippen LogP contribution in [0.4, 0.5) is 0 Å². The summed E-state index contributed by atoms with van der Waals surface area (Å²) in [6.45, 7) is 1.01. The van der Waals surface area contributed by atoms with Crippen molar-refractivity contribution in [1.82, 2.24) is 9.27 Å². The molecular formula is C22H18N2O2S. The highest BCUT2D eigenvalue weighted by Gasteiger charge is 2.12. The Hall–Kier alpha value is -3.18. The minimum Gasteiger partial charge on any atom is -0.348 e. The van der Waals surface area contributed by atoms with E-state index in [1.165, 1.54) is 11.5 Å². The van der Waals surface area contributed by atoms with Crippen LogP contribution in [0.2, 0.25) is 0 Å². The minimum atomic E-state index is -0.142. The van der Waals surface area contributed by atoms with Crippen molar-refractivity contribution in [3.63, 3.8) is 0 Å². The third-order valence-electron chi connectivity index (χ3n) is 4.37. The zero-order valence-corrected chi connectivity index (χ0v) is 15.4. The maximum atomic E-state index is 12.6. The first-order valence-corrected chi connectivity index (χ1v) is 9.48. The second-order valence-corrected chi connectivity index (χ2v) is 7.36. The first kappa shape index (κ1) is 17.2. The quantitative estimate of drug-likeness (QED) is 0.573. The highest BCUT2D eigenvalue weighted by Crippen LogP contribution is 2.19. The van der Waals surface area contributed by atoms with Gasteiger partial charge in [0.1, 0.15) is 0 Å². The molecule has 4 nitrogen and oxygen atoms in total. The number of hydrogen-bond acceptors (Lipinski definition) is 3. The van der Waals surface area contributed by atoms with Crippen LogP contribution in [0, 0.1) is 0 Å². The van der Waals surface area contributed by atoms with Crippen molar-refractivity contribution in [1.29, 1.82) is 0 Å². The number of aromatic nitrogens is 1.